The Hall–Kier alpha value is -2.48. The van der Waals surface area contributed by atoms with Gasteiger partial charge in [0.2, 0.25) is 0 Å². The summed E-state index contributed by atoms with van der Waals surface area (Å²) in [5.74, 6) is 0. The highest BCUT2D eigenvalue weighted by atomic mass is 14.8. The third-order valence-corrected chi connectivity index (χ3v) is 7.41. The van der Waals surface area contributed by atoms with Crippen LogP contribution in [0.3, 0.4) is 0 Å². The zero-order valence-electron chi connectivity index (χ0n) is 25.0. The number of unbranched alkanes of at least 4 members (excludes halogenated alkanes) is 15. The summed E-state index contributed by atoms with van der Waals surface area (Å²) in [6.07, 6.45) is 26.6. The smallest absolute Gasteiger partial charge is 0.0845 e. The molecule has 0 atom stereocenters. The monoisotopic (exact) mass is 514 g/mol. The Bertz CT molecular complexity index is 968. The second kappa shape index (κ2) is 20.5. The minimum Gasteiger partial charge on any atom is -0.252 e. The Kier molecular flexibility index (Phi) is 17.1. The molecule has 0 aliphatic carbocycles. The summed E-state index contributed by atoms with van der Waals surface area (Å²) in [6.45, 7) is 8.64. The van der Waals surface area contributed by atoms with Crippen LogP contribution in [0.5, 0.6) is 0 Å². The van der Waals surface area contributed by atoms with Crippen molar-refractivity contribution in [3.8, 4) is 0 Å². The first-order valence-corrected chi connectivity index (χ1v) is 15.5. The van der Waals surface area contributed by atoms with Crippen molar-refractivity contribution in [3.63, 3.8) is 0 Å². The molecule has 2 nitrogen and oxygen atoms in total. The molecule has 0 saturated carbocycles. The number of hydrogen-bond acceptors (Lipinski definition) is 2. The SMILES string of the molecule is CCCCCCCCCCCCCCCCCC=CC(=Nc1ccc(C)c(C)c1)C(C)=Nc1ccccc1. The lowest BCUT2D eigenvalue weighted by Crippen LogP contribution is -2.06. The standard InChI is InChI=1S/C36H54N2/c1-5-6-7-8-9-10-11-12-13-14-15-16-17-18-19-20-24-27-36(33(4)37-34-25-22-21-23-26-34)38-35-29-28-31(2)32(3)30-35/h21-30H,5-20H2,1-4H3. The highest BCUT2D eigenvalue weighted by molar-refractivity contribution is 6.46. The second-order valence-corrected chi connectivity index (χ2v) is 10.9. The van der Waals surface area contributed by atoms with Crippen molar-refractivity contribution in [1.82, 2.24) is 0 Å². The second-order valence-electron chi connectivity index (χ2n) is 10.9. The number of hydrogen-bond donors (Lipinski definition) is 0. The van der Waals surface area contributed by atoms with E-state index in [1.165, 1.54) is 107 Å². The van der Waals surface area contributed by atoms with E-state index in [1.54, 1.807) is 0 Å². The van der Waals surface area contributed by atoms with Crippen LogP contribution >= 0.6 is 0 Å². The van der Waals surface area contributed by atoms with Crippen LogP contribution in [0.15, 0.2) is 70.7 Å². The summed E-state index contributed by atoms with van der Waals surface area (Å²) in [5, 5.41) is 0. The number of rotatable bonds is 20. The third kappa shape index (κ3) is 14.5. The van der Waals surface area contributed by atoms with Crippen molar-refractivity contribution < 1.29 is 0 Å². The molecule has 0 heterocycles. The Morgan fingerprint density at radius 2 is 1.16 bits per heavy atom. The van der Waals surface area contributed by atoms with E-state index in [0.29, 0.717) is 0 Å². The van der Waals surface area contributed by atoms with Gasteiger partial charge in [-0.15, -0.1) is 0 Å². The summed E-state index contributed by atoms with van der Waals surface area (Å²) < 4.78 is 0. The van der Waals surface area contributed by atoms with Gasteiger partial charge in [0.25, 0.3) is 0 Å². The fourth-order valence-corrected chi connectivity index (χ4v) is 4.75. The molecule has 0 N–H and O–H groups in total. The van der Waals surface area contributed by atoms with Gasteiger partial charge in [0.05, 0.1) is 22.8 Å². The van der Waals surface area contributed by atoms with Gasteiger partial charge in [-0.25, -0.2) is 4.99 Å². The average molecular weight is 515 g/mol. The van der Waals surface area contributed by atoms with Crippen molar-refractivity contribution in [2.24, 2.45) is 9.98 Å². The van der Waals surface area contributed by atoms with Gasteiger partial charge in [-0.05, 0) is 75.1 Å². The van der Waals surface area contributed by atoms with E-state index in [0.717, 1.165) is 29.2 Å². The summed E-state index contributed by atoms with van der Waals surface area (Å²) in [6, 6.07) is 16.6. The summed E-state index contributed by atoms with van der Waals surface area (Å²) in [5.41, 5.74) is 6.41. The minimum absolute atomic E-state index is 0.943. The molecule has 2 aromatic rings. The van der Waals surface area contributed by atoms with Crippen LogP contribution in [0.1, 0.15) is 128 Å². The zero-order valence-corrected chi connectivity index (χ0v) is 25.0. The molecule has 0 aliphatic rings. The van der Waals surface area contributed by atoms with Gasteiger partial charge < -0.3 is 0 Å². The van der Waals surface area contributed by atoms with Gasteiger partial charge in [-0.2, -0.15) is 0 Å². The predicted molar refractivity (Wildman–Crippen MR) is 171 cm³/mol. The molecule has 38 heavy (non-hydrogen) atoms. The molecule has 0 spiro atoms. The van der Waals surface area contributed by atoms with Crippen LogP contribution < -0.4 is 0 Å². The largest absolute Gasteiger partial charge is 0.252 e. The first kappa shape index (κ1) is 31.7. The molecular formula is C36H54N2. The number of para-hydroxylation sites is 1. The van der Waals surface area contributed by atoms with Crippen molar-refractivity contribution in [2.45, 2.75) is 130 Å². The molecule has 0 saturated heterocycles. The van der Waals surface area contributed by atoms with Gasteiger partial charge in [-0.3, -0.25) is 4.99 Å². The fraction of sp³-hybridized carbons (Fsp3) is 0.556. The highest BCUT2D eigenvalue weighted by Gasteiger charge is 2.03. The van der Waals surface area contributed by atoms with Gasteiger partial charge in [0.1, 0.15) is 0 Å². The molecule has 2 aromatic carbocycles. The molecule has 0 amide bonds. The fourth-order valence-electron chi connectivity index (χ4n) is 4.75. The van der Waals surface area contributed by atoms with E-state index in [-0.39, 0.29) is 0 Å². The van der Waals surface area contributed by atoms with E-state index >= 15 is 0 Å². The molecule has 2 heteroatoms. The Labute approximate surface area is 234 Å². The first-order chi connectivity index (χ1) is 18.6. The average Bonchev–Trinajstić information content (AvgIpc) is 2.92. The number of aryl methyl sites for hydroxylation is 2. The van der Waals surface area contributed by atoms with Gasteiger partial charge >= 0.3 is 0 Å². The van der Waals surface area contributed by atoms with Gasteiger partial charge in [-0.1, -0.05) is 127 Å². The molecule has 0 aliphatic heterocycles. The quantitative estimate of drug-likeness (QED) is 0.124. The van der Waals surface area contributed by atoms with Crippen molar-refractivity contribution in [3.05, 3.63) is 71.8 Å². The summed E-state index contributed by atoms with van der Waals surface area (Å²) in [4.78, 5) is 9.79. The van der Waals surface area contributed by atoms with Crippen molar-refractivity contribution in [2.75, 3.05) is 0 Å². The summed E-state index contributed by atoms with van der Waals surface area (Å²) in [7, 11) is 0. The Balaban J connectivity index is 1.69. The van der Waals surface area contributed by atoms with Crippen LogP contribution in [0, 0.1) is 13.8 Å². The molecule has 2 rings (SSSR count). The number of aliphatic imine (C=N–C) groups is 2. The lowest BCUT2D eigenvalue weighted by molar-refractivity contribution is 0.533. The zero-order chi connectivity index (χ0) is 27.3. The van der Waals surface area contributed by atoms with Crippen molar-refractivity contribution >= 4 is 22.8 Å². The first-order valence-electron chi connectivity index (χ1n) is 15.5. The maximum absolute atomic E-state index is 4.97. The predicted octanol–water partition coefficient (Wildman–Crippen LogP) is 12.0. The maximum atomic E-state index is 4.97. The van der Waals surface area contributed by atoms with Crippen LogP contribution in [-0.4, -0.2) is 11.4 Å². The Morgan fingerprint density at radius 3 is 1.71 bits per heavy atom. The number of allylic oxidation sites excluding steroid dienone is 2. The van der Waals surface area contributed by atoms with E-state index in [4.69, 9.17) is 9.98 Å². The normalized spacial score (nSPS) is 12.5. The lowest BCUT2D eigenvalue weighted by atomic mass is 10.0. The van der Waals surface area contributed by atoms with E-state index in [2.05, 4.69) is 58.0 Å². The topological polar surface area (TPSA) is 24.7 Å². The molecule has 0 aromatic heterocycles. The van der Waals surface area contributed by atoms with Gasteiger partial charge in [0.15, 0.2) is 0 Å². The number of benzene rings is 2. The van der Waals surface area contributed by atoms with Crippen LogP contribution in [0.2, 0.25) is 0 Å². The summed E-state index contributed by atoms with van der Waals surface area (Å²) >= 11 is 0. The van der Waals surface area contributed by atoms with E-state index in [9.17, 15) is 0 Å². The maximum Gasteiger partial charge on any atom is 0.0845 e. The highest BCUT2D eigenvalue weighted by Crippen LogP contribution is 2.19. The minimum atomic E-state index is 0.943. The van der Waals surface area contributed by atoms with Gasteiger partial charge in [0, 0.05) is 0 Å². The molecule has 0 unspecified atom stereocenters. The third-order valence-electron chi connectivity index (χ3n) is 7.41. The molecule has 208 valence electrons. The molecule has 0 radical (unpaired) electrons. The van der Waals surface area contributed by atoms with Crippen LogP contribution in [0.25, 0.3) is 0 Å². The number of nitrogens with zero attached hydrogens (tertiary/aromatic N) is 2. The van der Waals surface area contributed by atoms with E-state index < -0.39 is 0 Å². The molecule has 0 bridgehead atoms. The van der Waals surface area contributed by atoms with Crippen LogP contribution in [-0.2, 0) is 0 Å². The van der Waals surface area contributed by atoms with E-state index in [1.807, 2.05) is 30.3 Å². The Morgan fingerprint density at radius 1 is 0.605 bits per heavy atom. The lowest BCUT2D eigenvalue weighted by Gasteiger charge is -2.05. The molecule has 0 fully saturated rings. The molecular weight excluding hydrogens is 460 g/mol. The van der Waals surface area contributed by atoms with Crippen LogP contribution in [0.4, 0.5) is 11.4 Å². The van der Waals surface area contributed by atoms with Crippen molar-refractivity contribution in [1.29, 1.82) is 0 Å².